The van der Waals surface area contributed by atoms with E-state index >= 15 is 0 Å². The van der Waals surface area contributed by atoms with Crippen LogP contribution in [0.2, 0.25) is 0 Å². The number of benzene rings is 1. The molecule has 2 heterocycles. The predicted octanol–water partition coefficient (Wildman–Crippen LogP) is 2.22. The van der Waals surface area contributed by atoms with E-state index in [2.05, 4.69) is 10.3 Å². The zero-order chi connectivity index (χ0) is 18.0. The largest absolute Gasteiger partial charge is 0.435 e. The van der Waals surface area contributed by atoms with Gasteiger partial charge in [-0.1, -0.05) is 19.1 Å². The smallest absolute Gasteiger partial charge is 0.289 e. The Bertz CT molecular complexity index is 785. The van der Waals surface area contributed by atoms with Crippen LogP contribution < -0.4 is 5.32 Å². The van der Waals surface area contributed by atoms with Gasteiger partial charge >= 0.3 is 0 Å². The minimum Gasteiger partial charge on any atom is -0.435 e. The zero-order valence-corrected chi connectivity index (χ0v) is 14.2. The normalized spacial score (nSPS) is 17.2. The van der Waals surface area contributed by atoms with Crippen LogP contribution in [0.4, 0.5) is 4.39 Å². The zero-order valence-electron chi connectivity index (χ0n) is 14.2. The van der Waals surface area contributed by atoms with Gasteiger partial charge in [-0.15, -0.1) is 0 Å². The second kappa shape index (κ2) is 7.04. The van der Waals surface area contributed by atoms with Gasteiger partial charge in [0.15, 0.2) is 5.89 Å². The van der Waals surface area contributed by atoms with Gasteiger partial charge in [0.25, 0.3) is 5.91 Å². The van der Waals surface area contributed by atoms with Crippen LogP contribution in [0.25, 0.3) is 0 Å². The third-order valence-electron chi connectivity index (χ3n) is 4.19. The van der Waals surface area contributed by atoms with E-state index < -0.39 is 0 Å². The Kier molecular flexibility index (Phi) is 4.83. The molecule has 1 aliphatic heterocycles. The molecule has 1 aromatic carbocycles. The number of hydrogen-bond donors (Lipinski definition) is 1. The number of halogens is 1. The highest BCUT2D eigenvalue weighted by Crippen LogP contribution is 2.17. The molecule has 0 radical (unpaired) electrons. The van der Waals surface area contributed by atoms with Gasteiger partial charge in [-0.2, -0.15) is 0 Å². The first kappa shape index (κ1) is 17.1. The van der Waals surface area contributed by atoms with Crippen molar-refractivity contribution in [2.75, 3.05) is 6.54 Å². The Balaban J connectivity index is 1.61. The quantitative estimate of drug-likeness (QED) is 0.901. The van der Waals surface area contributed by atoms with Gasteiger partial charge in [-0.25, -0.2) is 9.37 Å². The summed E-state index contributed by atoms with van der Waals surface area (Å²) in [6, 6.07) is 5.76. The Morgan fingerprint density at radius 1 is 1.40 bits per heavy atom. The molecule has 1 saturated heterocycles. The van der Waals surface area contributed by atoms with Crippen molar-refractivity contribution in [1.82, 2.24) is 15.2 Å². The Hall–Kier alpha value is -2.70. The summed E-state index contributed by atoms with van der Waals surface area (Å²) in [6.07, 6.45) is 0.849. The number of rotatable bonds is 5. The molecule has 0 bridgehead atoms. The molecule has 6 nitrogen and oxygen atoms in total. The van der Waals surface area contributed by atoms with Crippen LogP contribution in [0.1, 0.15) is 41.0 Å². The van der Waals surface area contributed by atoms with Gasteiger partial charge in [0.2, 0.25) is 11.7 Å². The number of hydrogen-bond acceptors (Lipinski definition) is 4. The van der Waals surface area contributed by atoms with E-state index in [1.54, 1.807) is 24.0 Å². The first-order valence-corrected chi connectivity index (χ1v) is 8.25. The van der Waals surface area contributed by atoms with E-state index in [1.807, 2.05) is 6.92 Å². The molecule has 7 heteroatoms. The Morgan fingerprint density at radius 3 is 2.76 bits per heavy atom. The van der Waals surface area contributed by atoms with Crippen LogP contribution in [-0.2, 0) is 17.8 Å². The highest BCUT2D eigenvalue weighted by atomic mass is 19.1. The van der Waals surface area contributed by atoms with Crippen molar-refractivity contribution >= 4 is 11.8 Å². The summed E-state index contributed by atoms with van der Waals surface area (Å²) in [5.74, 6) is 0.00387. The number of aromatic nitrogens is 1. The average molecular weight is 345 g/mol. The second-order valence-electron chi connectivity index (χ2n) is 6.15. The molecule has 25 heavy (non-hydrogen) atoms. The average Bonchev–Trinajstić information content (AvgIpc) is 3.12. The fourth-order valence-electron chi connectivity index (χ4n) is 2.90. The monoisotopic (exact) mass is 345 g/mol. The van der Waals surface area contributed by atoms with Crippen molar-refractivity contribution in [2.45, 2.75) is 39.3 Å². The predicted molar refractivity (Wildman–Crippen MR) is 88.3 cm³/mol. The molecular weight excluding hydrogens is 325 g/mol. The lowest BCUT2D eigenvalue weighted by molar-refractivity contribution is -0.128. The maximum Gasteiger partial charge on any atom is 0.289 e. The van der Waals surface area contributed by atoms with Crippen molar-refractivity contribution in [1.29, 1.82) is 0 Å². The fraction of sp³-hybridized carbons (Fsp3) is 0.389. The number of carbonyl (C=O) groups excluding carboxylic acids is 2. The van der Waals surface area contributed by atoms with Gasteiger partial charge in [-0.3, -0.25) is 9.59 Å². The molecule has 0 aliphatic carbocycles. The van der Waals surface area contributed by atoms with E-state index in [1.165, 1.54) is 12.1 Å². The van der Waals surface area contributed by atoms with Crippen molar-refractivity contribution in [3.63, 3.8) is 0 Å². The van der Waals surface area contributed by atoms with Crippen LogP contribution in [0.5, 0.6) is 0 Å². The number of likely N-dealkylation sites (tertiary alicyclic amines) is 1. The molecule has 132 valence electrons. The molecule has 2 amide bonds. The van der Waals surface area contributed by atoms with E-state index in [-0.39, 0.29) is 35.9 Å². The van der Waals surface area contributed by atoms with Gasteiger partial charge < -0.3 is 14.6 Å². The molecule has 1 aliphatic rings. The minimum atomic E-state index is -0.355. The number of carbonyl (C=O) groups is 2. The molecule has 2 aromatic rings. The van der Waals surface area contributed by atoms with E-state index in [9.17, 15) is 14.0 Å². The van der Waals surface area contributed by atoms with Crippen molar-refractivity contribution in [2.24, 2.45) is 0 Å². The third kappa shape index (κ3) is 3.87. The lowest BCUT2D eigenvalue weighted by atomic mass is 10.2. The lowest BCUT2D eigenvalue weighted by Crippen LogP contribution is -2.37. The maximum absolute atomic E-state index is 13.0. The molecule has 0 saturated carbocycles. The summed E-state index contributed by atoms with van der Waals surface area (Å²) in [6.45, 7) is 4.43. The molecular formula is C18H20FN3O3. The number of nitrogens with zero attached hydrogens (tertiary/aromatic N) is 2. The van der Waals surface area contributed by atoms with Crippen LogP contribution >= 0.6 is 0 Å². The summed E-state index contributed by atoms with van der Waals surface area (Å²) in [7, 11) is 0. The summed E-state index contributed by atoms with van der Waals surface area (Å²) in [5.41, 5.74) is 1.39. The SMILES string of the molecule is CCc1nc(C)c(C(=O)NC2CC(=O)N(Cc3ccc(F)cc3)C2)o1. The van der Waals surface area contributed by atoms with E-state index in [4.69, 9.17) is 4.42 Å². The van der Waals surface area contributed by atoms with Gasteiger partial charge in [0.1, 0.15) is 5.82 Å². The minimum absolute atomic E-state index is 0.0434. The number of oxazole rings is 1. The third-order valence-corrected chi connectivity index (χ3v) is 4.19. The van der Waals surface area contributed by atoms with Crippen molar-refractivity contribution in [3.8, 4) is 0 Å². The molecule has 3 rings (SSSR count). The molecule has 1 atom stereocenters. The van der Waals surface area contributed by atoms with Crippen LogP contribution in [-0.4, -0.2) is 34.3 Å². The molecule has 1 aromatic heterocycles. The topological polar surface area (TPSA) is 75.4 Å². The summed E-state index contributed by atoms with van der Waals surface area (Å²) >= 11 is 0. The van der Waals surface area contributed by atoms with Crippen LogP contribution in [0.15, 0.2) is 28.7 Å². The summed E-state index contributed by atoms with van der Waals surface area (Å²) < 4.78 is 18.4. The standard InChI is InChI=1S/C18H20FN3O3/c1-3-15-20-11(2)17(25-15)18(24)21-14-8-16(23)22(10-14)9-12-4-6-13(19)7-5-12/h4-7,14H,3,8-10H2,1-2H3,(H,21,24). The number of nitrogens with one attached hydrogen (secondary N) is 1. The van der Waals surface area contributed by atoms with E-state index in [0.29, 0.717) is 31.1 Å². The molecule has 1 unspecified atom stereocenters. The Labute approximate surface area is 145 Å². The summed E-state index contributed by atoms with van der Waals surface area (Å²) in [4.78, 5) is 30.3. The van der Waals surface area contributed by atoms with Crippen molar-refractivity contribution < 1.29 is 18.4 Å². The molecule has 1 fully saturated rings. The number of amides is 2. The first-order chi connectivity index (χ1) is 12.0. The first-order valence-electron chi connectivity index (χ1n) is 8.25. The van der Waals surface area contributed by atoms with Gasteiger partial charge in [0, 0.05) is 25.9 Å². The van der Waals surface area contributed by atoms with Crippen molar-refractivity contribution in [3.05, 3.63) is 53.0 Å². The van der Waals surface area contributed by atoms with E-state index in [0.717, 1.165) is 5.56 Å². The Morgan fingerprint density at radius 2 is 2.12 bits per heavy atom. The summed E-state index contributed by atoms with van der Waals surface area (Å²) in [5, 5.41) is 2.83. The van der Waals surface area contributed by atoms with Crippen LogP contribution in [0, 0.1) is 12.7 Å². The van der Waals surface area contributed by atoms with Gasteiger partial charge in [0.05, 0.1) is 11.7 Å². The van der Waals surface area contributed by atoms with Gasteiger partial charge in [-0.05, 0) is 24.6 Å². The highest BCUT2D eigenvalue weighted by molar-refractivity contribution is 5.93. The second-order valence-corrected chi connectivity index (χ2v) is 6.15. The van der Waals surface area contributed by atoms with Crippen LogP contribution in [0.3, 0.4) is 0 Å². The number of aryl methyl sites for hydroxylation is 2. The molecule has 0 spiro atoms. The maximum atomic E-state index is 13.0. The fourth-order valence-corrected chi connectivity index (χ4v) is 2.90. The highest BCUT2D eigenvalue weighted by Gasteiger charge is 2.31. The lowest BCUT2D eigenvalue weighted by Gasteiger charge is -2.17. The molecule has 1 N–H and O–H groups in total.